The minimum Gasteiger partial charge on any atom is -0.393 e. The monoisotopic (exact) mass is 200 g/mol. The molecule has 74 valence electrons. The maximum Gasteiger partial charge on any atom is 0.0870 e. The van der Waals surface area contributed by atoms with Crippen LogP contribution in [0.3, 0.4) is 0 Å². The molecule has 0 amide bonds. The molecule has 0 aliphatic carbocycles. The zero-order valence-corrected chi connectivity index (χ0v) is 8.46. The summed E-state index contributed by atoms with van der Waals surface area (Å²) < 4.78 is 0. The second-order valence-corrected chi connectivity index (χ2v) is 4.67. The van der Waals surface area contributed by atoms with Crippen molar-refractivity contribution in [1.82, 2.24) is 4.90 Å². The summed E-state index contributed by atoms with van der Waals surface area (Å²) >= 11 is 4.91. The predicted octanol–water partition coefficient (Wildman–Crippen LogP) is 0.260. The van der Waals surface area contributed by atoms with E-state index in [1.807, 2.05) is 0 Å². The molecule has 2 fully saturated rings. The number of piperidine rings is 1. The Morgan fingerprint density at radius 1 is 1.38 bits per heavy atom. The molecule has 3 N–H and O–H groups in total. The van der Waals surface area contributed by atoms with Crippen molar-refractivity contribution in [2.75, 3.05) is 6.54 Å². The smallest absolute Gasteiger partial charge is 0.0870 e. The Hall–Kier alpha value is -0.190. The molecule has 0 spiro atoms. The molecule has 0 aromatic rings. The number of hydrogen-bond acceptors (Lipinski definition) is 3. The normalized spacial score (nSPS) is 39.3. The molecule has 13 heavy (non-hydrogen) atoms. The minimum atomic E-state index is -0.0971. The van der Waals surface area contributed by atoms with Crippen LogP contribution in [-0.2, 0) is 0 Å². The summed E-state index contributed by atoms with van der Waals surface area (Å²) in [5.74, 6) is 0. The lowest BCUT2D eigenvalue weighted by Crippen LogP contribution is -2.47. The Morgan fingerprint density at radius 3 is 2.38 bits per heavy atom. The van der Waals surface area contributed by atoms with E-state index in [0.29, 0.717) is 17.1 Å². The van der Waals surface area contributed by atoms with Gasteiger partial charge in [-0.3, -0.25) is 4.90 Å². The van der Waals surface area contributed by atoms with E-state index in [1.54, 1.807) is 0 Å². The Balaban J connectivity index is 2.02. The van der Waals surface area contributed by atoms with Gasteiger partial charge in [0.1, 0.15) is 0 Å². The van der Waals surface area contributed by atoms with E-state index in [9.17, 15) is 5.11 Å². The number of aliphatic hydroxyl groups excluding tert-OH is 1. The molecule has 2 heterocycles. The molecular weight excluding hydrogens is 184 g/mol. The van der Waals surface area contributed by atoms with Crippen LogP contribution in [0.15, 0.2) is 0 Å². The van der Waals surface area contributed by atoms with Crippen molar-refractivity contribution in [3.63, 3.8) is 0 Å². The van der Waals surface area contributed by atoms with E-state index >= 15 is 0 Å². The first-order chi connectivity index (χ1) is 6.16. The fourth-order valence-corrected chi connectivity index (χ4v) is 2.83. The molecule has 2 unspecified atom stereocenters. The summed E-state index contributed by atoms with van der Waals surface area (Å²) in [6, 6.07) is 1.05. The lowest BCUT2D eigenvalue weighted by atomic mass is 10.00. The summed E-state index contributed by atoms with van der Waals surface area (Å²) in [5.41, 5.74) is 5.54. The van der Waals surface area contributed by atoms with Crippen molar-refractivity contribution < 1.29 is 5.11 Å². The lowest BCUT2D eigenvalue weighted by molar-refractivity contribution is 0.0445. The average molecular weight is 200 g/mol. The average Bonchev–Trinajstić information content (AvgIpc) is 2.32. The molecule has 2 atom stereocenters. The molecule has 2 bridgehead atoms. The first-order valence-corrected chi connectivity index (χ1v) is 5.29. The van der Waals surface area contributed by atoms with E-state index in [0.717, 1.165) is 19.4 Å². The first-order valence-electron chi connectivity index (χ1n) is 4.89. The zero-order valence-electron chi connectivity index (χ0n) is 7.65. The van der Waals surface area contributed by atoms with E-state index < -0.39 is 0 Å². The van der Waals surface area contributed by atoms with E-state index in [4.69, 9.17) is 18.0 Å². The quantitative estimate of drug-likeness (QED) is 0.628. The summed E-state index contributed by atoms with van der Waals surface area (Å²) in [5, 5.41) is 9.55. The van der Waals surface area contributed by atoms with Gasteiger partial charge >= 0.3 is 0 Å². The fourth-order valence-electron chi connectivity index (χ4n) is 2.68. The second kappa shape index (κ2) is 3.52. The number of fused-ring (bicyclic) bond motifs is 2. The van der Waals surface area contributed by atoms with Gasteiger partial charge in [-0.2, -0.15) is 0 Å². The van der Waals surface area contributed by atoms with Crippen LogP contribution in [-0.4, -0.2) is 39.7 Å². The first kappa shape index (κ1) is 9.37. The number of nitrogens with two attached hydrogens (primary N) is 1. The molecule has 0 saturated carbocycles. The molecule has 2 aliphatic rings. The van der Waals surface area contributed by atoms with Crippen LogP contribution in [0.4, 0.5) is 0 Å². The summed E-state index contributed by atoms with van der Waals surface area (Å²) in [7, 11) is 0. The van der Waals surface area contributed by atoms with Crippen LogP contribution in [0.2, 0.25) is 0 Å². The SMILES string of the molecule is NC(=S)CN1C2CCC1CC(O)C2. The highest BCUT2D eigenvalue weighted by Gasteiger charge is 2.39. The van der Waals surface area contributed by atoms with Crippen LogP contribution in [0.25, 0.3) is 0 Å². The zero-order chi connectivity index (χ0) is 9.42. The summed E-state index contributed by atoms with van der Waals surface area (Å²) in [4.78, 5) is 2.95. The number of nitrogens with zero attached hydrogens (tertiary/aromatic N) is 1. The van der Waals surface area contributed by atoms with Crippen molar-refractivity contribution in [3.8, 4) is 0 Å². The number of hydrogen-bond donors (Lipinski definition) is 2. The Bertz CT molecular complexity index is 208. The predicted molar refractivity (Wildman–Crippen MR) is 55.5 cm³/mol. The minimum absolute atomic E-state index is 0.0971. The van der Waals surface area contributed by atoms with E-state index in [-0.39, 0.29) is 6.10 Å². The molecule has 3 nitrogen and oxygen atoms in total. The van der Waals surface area contributed by atoms with Gasteiger partial charge in [-0.25, -0.2) is 0 Å². The molecule has 2 saturated heterocycles. The van der Waals surface area contributed by atoms with Gasteiger partial charge in [0.05, 0.1) is 11.1 Å². The molecule has 0 aromatic carbocycles. The van der Waals surface area contributed by atoms with Gasteiger partial charge in [-0.05, 0) is 25.7 Å². The van der Waals surface area contributed by atoms with E-state index in [2.05, 4.69) is 4.90 Å². The number of thiocarbonyl (C=S) groups is 1. The van der Waals surface area contributed by atoms with Crippen LogP contribution < -0.4 is 5.73 Å². The number of rotatable bonds is 2. The Kier molecular flexibility index (Phi) is 2.53. The molecule has 4 heteroatoms. The largest absolute Gasteiger partial charge is 0.393 e. The van der Waals surface area contributed by atoms with Crippen LogP contribution in [0, 0.1) is 0 Å². The van der Waals surface area contributed by atoms with Gasteiger partial charge in [0.25, 0.3) is 0 Å². The number of aliphatic hydroxyl groups is 1. The topological polar surface area (TPSA) is 49.5 Å². The van der Waals surface area contributed by atoms with E-state index in [1.165, 1.54) is 12.8 Å². The van der Waals surface area contributed by atoms with Crippen molar-refractivity contribution >= 4 is 17.2 Å². The van der Waals surface area contributed by atoms with Crippen molar-refractivity contribution in [3.05, 3.63) is 0 Å². The third kappa shape index (κ3) is 1.85. The highest BCUT2D eigenvalue weighted by molar-refractivity contribution is 7.80. The van der Waals surface area contributed by atoms with Gasteiger partial charge in [0.15, 0.2) is 0 Å². The molecule has 2 rings (SSSR count). The van der Waals surface area contributed by atoms with Gasteiger partial charge in [0, 0.05) is 18.6 Å². The molecule has 2 aliphatic heterocycles. The third-order valence-corrected chi connectivity index (χ3v) is 3.33. The van der Waals surface area contributed by atoms with Gasteiger partial charge in [0.2, 0.25) is 0 Å². The van der Waals surface area contributed by atoms with Crippen LogP contribution in [0.5, 0.6) is 0 Å². The van der Waals surface area contributed by atoms with Crippen LogP contribution in [0.1, 0.15) is 25.7 Å². The maximum atomic E-state index is 9.55. The highest BCUT2D eigenvalue weighted by Crippen LogP contribution is 2.35. The molecule has 0 radical (unpaired) electrons. The summed E-state index contributed by atoms with van der Waals surface area (Å²) in [6.45, 7) is 0.734. The molecule has 0 aromatic heterocycles. The second-order valence-electron chi connectivity index (χ2n) is 4.15. The van der Waals surface area contributed by atoms with Crippen molar-refractivity contribution in [2.45, 2.75) is 43.9 Å². The molecular formula is C9H16N2OS. The summed E-state index contributed by atoms with van der Waals surface area (Å²) in [6.07, 6.45) is 4.10. The van der Waals surface area contributed by atoms with Gasteiger partial charge < -0.3 is 10.8 Å². The Labute approximate surface area is 83.9 Å². The Morgan fingerprint density at radius 2 is 1.92 bits per heavy atom. The van der Waals surface area contributed by atoms with Crippen LogP contribution >= 0.6 is 12.2 Å². The van der Waals surface area contributed by atoms with Crippen molar-refractivity contribution in [1.29, 1.82) is 0 Å². The van der Waals surface area contributed by atoms with Gasteiger partial charge in [-0.15, -0.1) is 0 Å². The standard InChI is InChI=1S/C9H16N2OS/c10-9(13)5-11-6-1-2-7(11)4-8(12)3-6/h6-8,12H,1-5H2,(H2,10,13). The van der Waals surface area contributed by atoms with Crippen molar-refractivity contribution in [2.24, 2.45) is 5.73 Å². The van der Waals surface area contributed by atoms with Gasteiger partial charge in [-0.1, -0.05) is 12.2 Å². The third-order valence-electron chi connectivity index (χ3n) is 3.20. The fraction of sp³-hybridized carbons (Fsp3) is 0.889. The highest BCUT2D eigenvalue weighted by atomic mass is 32.1. The maximum absolute atomic E-state index is 9.55. The lowest BCUT2D eigenvalue weighted by Gasteiger charge is -2.36.